The van der Waals surface area contributed by atoms with E-state index < -0.39 is 29.6 Å². The third kappa shape index (κ3) is 4.36. The molecule has 35 heavy (non-hydrogen) atoms. The molecule has 2 bridgehead atoms. The number of rotatable bonds is 8. The lowest BCUT2D eigenvalue weighted by atomic mass is 9.74. The van der Waals surface area contributed by atoms with Gasteiger partial charge in [0.15, 0.2) is 0 Å². The van der Waals surface area contributed by atoms with Crippen LogP contribution in [0.25, 0.3) is 0 Å². The maximum absolute atomic E-state index is 13.8. The number of methoxy groups -OCH3 is 1. The number of nitrogens with one attached hydrogen (secondary N) is 2. The van der Waals surface area contributed by atoms with E-state index in [-0.39, 0.29) is 23.8 Å². The summed E-state index contributed by atoms with van der Waals surface area (Å²) in [5.74, 6) is -2.19. The van der Waals surface area contributed by atoms with Gasteiger partial charge in [0.2, 0.25) is 17.7 Å². The van der Waals surface area contributed by atoms with Crippen molar-refractivity contribution in [2.75, 3.05) is 25.6 Å². The van der Waals surface area contributed by atoms with Crippen molar-refractivity contribution in [1.82, 2.24) is 10.2 Å². The molecule has 5 rings (SSSR count). The fourth-order valence-electron chi connectivity index (χ4n) is 6.17. The average Bonchev–Trinajstić information content (AvgIpc) is 3.49. The standard InChI is InChI=1S/C26H32ClN3O5/c1-34-15-5-14-30-22(24(32)29-17-6-3-2-4-7-17)26-13-12-19(35-26)20(21(26)25(30)33)23(31)28-18-10-8-16(27)9-11-18/h8-13,17,19-22H,2-7,14-15H2,1H3,(H,28,31)(H,29,32)/t19-,20-,21-,22+,26+/m1/s1. The average molecular weight is 502 g/mol. The van der Waals surface area contributed by atoms with Gasteiger partial charge < -0.3 is 25.0 Å². The zero-order valence-electron chi connectivity index (χ0n) is 19.9. The highest BCUT2D eigenvalue weighted by Crippen LogP contribution is 2.55. The number of benzene rings is 1. The number of amides is 3. The molecule has 0 unspecified atom stereocenters. The molecule has 1 aromatic rings. The lowest BCUT2D eigenvalue weighted by Gasteiger charge is -2.34. The van der Waals surface area contributed by atoms with E-state index in [1.165, 1.54) is 6.42 Å². The number of halogens is 1. The Balaban J connectivity index is 1.41. The van der Waals surface area contributed by atoms with Crippen molar-refractivity contribution >= 4 is 35.0 Å². The highest BCUT2D eigenvalue weighted by molar-refractivity contribution is 6.30. The van der Waals surface area contributed by atoms with Crippen LogP contribution >= 0.6 is 11.6 Å². The smallest absolute Gasteiger partial charge is 0.246 e. The fraction of sp³-hybridized carbons (Fsp3) is 0.577. The number of hydrogen-bond donors (Lipinski definition) is 2. The molecule has 3 amide bonds. The second kappa shape index (κ2) is 9.91. The first kappa shape index (κ1) is 24.3. The SMILES string of the molecule is COCCCN1C(=O)[C@H]2[C@H](C(=O)Nc3ccc(Cl)cc3)[C@H]3C=C[C@@]2(O3)[C@@H]1C(=O)NC1CCCCC1. The topological polar surface area (TPSA) is 97.0 Å². The van der Waals surface area contributed by atoms with Crippen LogP contribution in [-0.4, -0.2) is 66.7 Å². The summed E-state index contributed by atoms with van der Waals surface area (Å²) in [6, 6.07) is 6.11. The Morgan fingerprint density at radius 3 is 2.63 bits per heavy atom. The van der Waals surface area contributed by atoms with Gasteiger partial charge in [-0.05, 0) is 43.5 Å². The van der Waals surface area contributed by atoms with Crippen LogP contribution in [0.2, 0.25) is 5.02 Å². The Morgan fingerprint density at radius 2 is 1.91 bits per heavy atom. The van der Waals surface area contributed by atoms with Crippen LogP contribution in [0.1, 0.15) is 38.5 Å². The molecule has 9 heteroatoms. The number of anilines is 1. The summed E-state index contributed by atoms with van der Waals surface area (Å²) in [6.45, 7) is 0.833. The Labute approximate surface area is 210 Å². The first-order valence-corrected chi connectivity index (χ1v) is 12.9. The van der Waals surface area contributed by atoms with E-state index in [2.05, 4.69) is 10.6 Å². The molecular weight excluding hydrogens is 470 g/mol. The second-order valence-corrected chi connectivity index (χ2v) is 10.4. The Morgan fingerprint density at radius 1 is 1.17 bits per heavy atom. The molecule has 3 aliphatic heterocycles. The first-order valence-electron chi connectivity index (χ1n) is 12.5. The number of likely N-dealkylation sites (tertiary alicyclic amines) is 1. The predicted molar refractivity (Wildman–Crippen MR) is 131 cm³/mol. The van der Waals surface area contributed by atoms with Crippen LogP contribution in [0.5, 0.6) is 0 Å². The first-order chi connectivity index (χ1) is 16.9. The van der Waals surface area contributed by atoms with Gasteiger partial charge in [0.25, 0.3) is 0 Å². The van der Waals surface area contributed by atoms with Crippen molar-refractivity contribution in [3.05, 3.63) is 41.4 Å². The molecule has 5 atom stereocenters. The Kier molecular flexibility index (Phi) is 6.88. The lowest BCUT2D eigenvalue weighted by molar-refractivity contribution is -0.141. The number of nitrogens with zero attached hydrogens (tertiary/aromatic N) is 1. The van der Waals surface area contributed by atoms with E-state index in [9.17, 15) is 14.4 Å². The summed E-state index contributed by atoms with van der Waals surface area (Å²) in [7, 11) is 1.61. The number of hydrogen-bond acceptors (Lipinski definition) is 5. The highest BCUT2D eigenvalue weighted by Gasteiger charge is 2.72. The summed E-state index contributed by atoms with van der Waals surface area (Å²) >= 11 is 5.96. The monoisotopic (exact) mass is 501 g/mol. The van der Waals surface area contributed by atoms with Crippen molar-refractivity contribution in [3.63, 3.8) is 0 Å². The minimum atomic E-state index is -1.14. The van der Waals surface area contributed by atoms with Crippen molar-refractivity contribution < 1.29 is 23.9 Å². The van der Waals surface area contributed by atoms with Gasteiger partial charge in [0, 0.05) is 37.0 Å². The summed E-state index contributed by atoms with van der Waals surface area (Å²) in [6.07, 6.45) is 8.95. The van der Waals surface area contributed by atoms with Gasteiger partial charge >= 0.3 is 0 Å². The largest absolute Gasteiger partial charge is 0.385 e. The normalized spacial score (nSPS) is 31.6. The third-order valence-electron chi connectivity index (χ3n) is 7.74. The molecule has 1 spiro atoms. The summed E-state index contributed by atoms with van der Waals surface area (Å²) < 4.78 is 11.5. The van der Waals surface area contributed by atoms with E-state index in [1.54, 1.807) is 36.3 Å². The number of carbonyl (C=O) groups is 3. The van der Waals surface area contributed by atoms with Crippen molar-refractivity contribution in [1.29, 1.82) is 0 Å². The number of ether oxygens (including phenoxy) is 2. The Hall–Kier alpha value is -2.42. The van der Waals surface area contributed by atoms with Crippen LogP contribution < -0.4 is 10.6 Å². The maximum Gasteiger partial charge on any atom is 0.246 e. The van der Waals surface area contributed by atoms with Gasteiger partial charge in [-0.2, -0.15) is 0 Å². The van der Waals surface area contributed by atoms with Gasteiger partial charge in [-0.15, -0.1) is 0 Å². The minimum absolute atomic E-state index is 0.106. The van der Waals surface area contributed by atoms with Crippen molar-refractivity contribution in [3.8, 4) is 0 Å². The molecule has 3 fully saturated rings. The molecule has 8 nitrogen and oxygen atoms in total. The molecule has 2 saturated heterocycles. The predicted octanol–water partition coefficient (Wildman–Crippen LogP) is 2.91. The van der Waals surface area contributed by atoms with Crippen LogP contribution in [0.3, 0.4) is 0 Å². The maximum atomic E-state index is 13.8. The molecule has 1 aromatic carbocycles. The number of carbonyl (C=O) groups excluding carboxylic acids is 3. The summed E-state index contributed by atoms with van der Waals surface area (Å²) in [5, 5.41) is 6.66. The van der Waals surface area contributed by atoms with E-state index >= 15 is 0 Å². The molecule has 188 valence electrons. The van der Waals surface area contributed by atoms with E-state index in [0.29, 0.717) is 30.3 Å². The van der Waals surface area contributed by atoms with Crippen LogP contribution in [0, 0.1) is 11.8 Å². The van der Waals surface area contributed by atoms with Crippen molar-refractivity contribution in [2.24, 2.45) is 11.8 Å². The van der Waals surface area contributed by atoms with Gasteiger partial charge in [-0.1, -0.05) is 43.0 Å². The number of fused-ring (bicyclic) bond motifs is 1. The van der Waals surface area contributed by atoms with E-state index in [4.69, 9.17) is 21.1 Å². The van der Waals surface area contributed by atoms with Gasteiger partial charge in [-0.25, -0.2) is 0 Å². The molecule has 4 aliphatic rings. The van der Waals surface area contributed by atoms with E-state index in [1.807, 2.05) is 12.2 Å². The van der Waals surface area contributed by atoms with Crippen LogP contribution in [0.4, 0.5) is 5.69 Å². The quantitative estimate of drug-likeness (QED) is 0.421. The second-order valence-electron chi connectivity index (χ2n) is 9.92. The molecule has 1 saturated carbocycles. The summed E-state index contributed by atoms with van der Waals surface area (Å²) in [5.41, 5.74) is -0.551. The molecule has 2 N–H and O–H groups in total. The minimum Gasteiger partial charge on any atom is -0.385 e. The zero-order valence-corrected chi connectivity index (χ0v) is 20.6. The molecule has 1 aliphatic carbocycles. The van der Waals surface area contributed by atoms with E-state index in [0.717, 1.165) is 25.7 Å². The van der Waals surface area contributed by atoms with Gasteiger partial charge in [0.1, 0.15) is 11.6 Å². The fourth-order valence-corrected chi connectivity index (χ4v) is 6.30. The van der Waals surface area contributed by atoms with Gasteiger partial charge in [-0.3, -0.25) is 14.4 Å². The Bertz CT molecular complexity index is 1010. The molecule has 3 heterocycles. The molecule has 0 aromatic heterocycles. The van der Waals surface area contributed by atoms with Crippen LogP contribution in [-0.2, 0) is 23.9 Å². The third-order valence-corrected chi connectivity index (χ3v) is 7.99. The molecule has 0 radical (unpaired) electrons. The molecular formula is C26H32ClN3O5. The van der Waals surface area contributed by atoms with Crippen LogP contribution in [0.15, 0.2) is 36.4 Å². The zero-order chi connectivity index (χ0) is 24.6. The van der Waals surface area contributed by atoms with Gasteiger partial charge in [0.05, 0.1) is 17.9 Å². The highest BCUT2D eigenvalue weighted by atomic mass is 35.5. The lowest BCUT2D eigenvalue weighted by Crippen LogP contribution is -2.56. The summed E-state index contributed by atoms with van der Waals surface area (Å²) in [4.78, 5) is 42.4. The van der Waals surface area contributed by atoms with Crippen molar-refractivity contribution in [2.45, 2.75) is 62.3 Å².